The van der Waals surface area contributed by atoms with Crippen LogP contribution in [0.2, 0.25) is 0 Å². The highest BCUT2D eigenvalue weighted by Gasteiger charge is 2.32. The third-order valence-electron chi connectivity index (χ3n) is 6.03. The molecule has 1 fully saturated rings. The monoisotopic (exact) mass is 496 g/mol. The average molecular weight is 497 g/mol. The summed E-state index contributed by atoms with van der Waals surface area (Å²) < 4.78 is 29.7. The zero-order chi connectivity index (χ0) is 25.4. The van der Waals surface area contributed by atoms with Crippen molar-refractivity contribution in [2.45, 2.75) is 51.3 Å². The van der Waals surface area contributed by atoms with Crippen LogP contribution >= 0.6 is 0 Å². The number of benzene rings is 1. The van der Waals surface area contributed by atoms with Gasteiger partial charge in [-0.05, 0) is 42.5 Å². The molecule has 2 atom stereocenters. The number of carbonyl (C=O) groups is 1. The maximum atomic E-state index is 13.3. The fraction of sp³-hybridized carbons (Fsp3) is 0.440. The number of anilines is 1. The number of carbonyl (C=O) groups excluding carboxylic acids is 1. The standard InChI is InChI=1S/C25H32N6O3S/c1-17-12-18(2)16-30(15-17)35(33,34)20-9-6-8-19(13-20)23(32)28-22-14-21(25(3,4)5)29-31(22)24-26-10-7-11-27-24/h6-11,13-14,17-18H,12,15-16H2,1-5H3,(H,28,32). The zero-order valence-electron chi connectivity index (χ0n) is 20.8. The van der Waals surface area contributed by atoms with E-state index in [0.717, 1.165) is 12.1 Å². The summed E-state index contributed by atoms with van der Waals surface area (Å²) in [7, 11) is -3.71. The molecule has 3 heterocycles. The van der Waals surface area contributed by atoms with E-state index < -0.39 is 15.9 Å². The van der Waals surface area contributed by atoms with E-state index in [2.05, 4.69) is 34.2 Å². The van der Waals surface area contributed by atoms with E-state index in [4.69, 9.17) is 0 Å². The van der Waals surface area contributed by atoms with Crippen LogP contribution < -0.4 is 5.32 Å². The second kappa shape index (κ2) is 9.50. The van der Waals surface area contributed by atoms with E-state index in [1.54, 1.807) is 36.7 Å². The Morgan fingerprint density at radius 3 is 2.31 bits per heavy atom. The molecule has 0 aliphatic carbocycles. The molecule has 1 N–H and O–H groups in total. The molecule has 3 aromatic rings. The van der Waals surface area contributed by atoms with Gasteiger partial charge in [0.05, 0.1) is 10.6 Å². The number of nitrogens with zero attached hydrogens (tertiary/aromatic N) is 5. The first-order valence-electron chi connectivity index (χ1n) is 11.7. The number of hydrogen-bond donors (Lipinski definition) is 1. The maximum absolute atomic E-state index is 13.3. The van der Waals surface area contributed by atoms with Gasteiger partial charge in [0.1, 0.15) is 5.82 Å². The van der Waals surface area contributed by atoms with Gasteiger partial charge in [0.25, 0.3) is 11.9 Å². The summed E-state index contributed by atoms with van der Waals surface area (Å²) in [6, 6.07) is 9.64. The smallest absolute Gasteiger partial charge is 0.256 e. The summed E-state index contributed by atoms with van der Waals surface area (Å²) >= 11 is 0. The van der Waals surface area contributed by atoms with Crippen molar-refractivity contribution in [3.8, 4) is 5.95 Å². The van der Waals surface area contributed by atoms with Gasteiger partial charge in [-0.2, -0.15) is 14.1 Å². The number of aromatic nitrogens is 4. The van der Waals surface area contributed by atoms with Gasteiger partial charge in [0.15, 0.2) is 0 Å². The topological polar surface area (TPSA) is 110 Å². The van der Waals surface area contributed by atoms with Crippen molar-refractivity contribution in [1.82, 2.24) is 24.1 Å². The zero-order valence-corrected chi connectivity index (χ0v) is 21.6. The summed E-state index contributed by atoms with van der Waals surface area (Å²) in [4.78, 5) is 21.8. The Labute approximate surface area is 206 Å². The van der Waals surface area contributed by atoms with E-state index >= 15 is 0 Å². The molecular weight excluding hydrogens is 464 g/mol. The van der Waals surface area contributed by atoms with E-state index in [0.29, 0.717) is 24.9 Å². The van der Waals surface area contributed by atoms with Crippen molar-refractivity contribution in [2.24, 2.45) is 11.8 Å². The molecule has 1 aliphatic heterocycles. The SMILES string of the molecule is CC1CC(C)CN(S(=O)(=O)c2cccc(C(=O)Nc3cc(C(C)(C)C)nn3-c3ncccn3)c2)C1. The third kappa shape index (κ3) is 5.43. The lowest BCUT2D eigenvalue weighted by Gasteiger charge is -2.34. The predicted molar refractivity (Wildman–Crippen MR) is 134 cm³/mol. The number of nitrogens with one attached hydrogen (secondary N) is 1. The second-order valence-corrected chi connectivity index (χ2v) is 12.3. The minimum absolute atomic E-state index is 0.113. The Bertz CT molecular complexity index is 1300. The predicted octanol–water partition coefficient (Wildman–Crippen LogP) is 3.88. The molecule has 10 heteroatoms. The number of sulfonamides is 1. The molecule has 0 bridgehead atoms. The van der Waals surface area contributed by atoms with Crippen LogP contribution in [0.4, 0.5) is 5.82 Å². The fourth-order valence-electron chi connectivity index (χ4n) is 4.33. The third-order valence-corrected chi connectivity index (χ3v) is 7.86. The molecule has 35 heavy (non-hydrogen) atoms. The summed E-state index contributed by atoms with van der Waals surface area (Å²) in [6.45, 7) is 11.2. The van der Waals surface area contributed by atoms with Crippen LogP contribution in [0, 0.1) is 11.8 Å². The normalized spacial score (nSPS) is 19.5. The van der Waals surface area contributed by atoms with Gasteiger partial charge < -0.3 is 5.32 Å². The molecule has 0 radical (unpaired) electrons. The van der Waals surface area contributed by atoms with Crippen LogP contribution in [-0.4, -0.2) is 51.5 Å². The van der Waals surface area contributed by atoms with Gasteiger partial charge >= 0.3 is 0 Å². The molecule has 1 amide bonds. The Hall–Kier alpha value is -3.11. The van der Waals surface area contributed by atoms with E-state index in [1.807, 2.05) is 20.8 Å². The minimum atomic E-state index is -3.71. The molecule has 2 aromatic heterocycles. The van der Waals surface area contributed by atoms with Crippen LogP contribution in [0.5, 0.6) is 0 Å². The summed E-state index contributed by atoms with van der Waals surface area (Å²) in [6.07, 6.45) is 4.20. The Balaban J connectivity index is 1.63. The highest BCUT2D eigenvalue weighted by molar-refractivity contribution is 7.89. The molecular formula is C25H32N6O3S. The van der Waals surface area contributed by atoms with Crippen molar-refractivity contribution in [3.05, 3.63) is 60.0 Å². The quantitative estimate of drug-likeness (QED) is 0.574. The lowest BCUT2D eigenvalue weighted by Crippen LogP contribution is -2.42. The number of amides is 1. The first kappa shape index (κ1) is 25.0. The van der Waals surface area contributed by atoms with E-state index in [1.165, 1.54) is 21.1 Å². The van der Waals surface area contributed by atoms with Crippen LogP contribution in [0.25, 0.3) is 5.95 Å². The van der Waals surface area contributed by atoms with Gasteiger partial charge in [-0.1, -0.05) is 40.7 Å². The van der Waals surface area contributed by atoms with Crippen LogP contribution in [0.3, 0.4) is 0 Å². The van der Waals surface area contributed by atoms with Crippen LogP contribution in [0.1, 0.15) is 57.1 Å². The van der Waals surface area contributed by atoms with Crippen LogP contribution in [-0.2, 0) is 15.4 Å². The summed E-state index contributed by atoms with van der Waals surface area (Å²) in [5.41, 5.74) is 0.726. The molecule has 0 spiro atoms. The van der Waals surface area contributed by atoms with Crippen LogP contribution in [0.15, 0.2) is 53.7 Å². The number of hydrogen-bond acceptors (Lipinski definition) is 6. The molecule has 186 valence electrons. The summed E-state index contributed by atoms with van der Waals surface area (Å²) in [5.74, 6) is 0.857. The molecule has 1 saturated heterocycles. The Morgan fingerprint density at radius 1 is 1.03 bits per heavy atom. The molecule has 4 rings (SSSR count). The molecule has 9 nitrogen and oxygen atoms in total. The van der Waals surface area contributed by atoms with Gasteiger partial charge in [0.2, 0.25) is 10.0 Å². The van der Waals surface area contributed by atoms with Gasteiger partial charge in [0, 0.05) is 42.5 Å². The highest BCUT2D eigenvalue weighted by atomic mass is 32.2. The first-order chi connectivity index (χ1) is 16.4. The average Bonchev–Trinajstić information content (AvgIpc) is 3.23. The molecule has 0 saturated carbocycles. The maximum Gasteiger partial charge on any atom is 0.256 e. The lowest BCUT2D eigenvalue weighted by molar-refractivity contribution is 0.102. The molecule has 2 unspecified atom stereocenters. The lowest BCUT2D eigenvalue weighted by atomic mass is 9.92. The number of piperidine rings is 1. The Morgan fingerprint density at radius 2 is 1.69 bits per heavy atom. The Kier molecular flexibility index (Phi) is 6.79. The van der Waals surface area contributed by atoms with Gasteiger partial charge in [-0.15, -0.1) is 0 Å². The number of rotatable bonds is 5. The first-order valence-corrected chi connectivity index (χ1v) is 13.2. The van der Waals surface area contributed by atoms with Crippen molar-refractivity contribution in [1.29, 1.82) is 0 Å². The van der Waals surface area contributed by atoms with Crippen molar-refractivity contribution in [2.75, 3.05) is 18.4 Å². The highest BCUT2D eigenvalue weighted by Crippen LogP contribution is 2.28. The van der Waals surface area contributed by atoms with E-state index in [9.17, 15) is 13.2 Å². The van der Waals surface area contributed by atoms with Gasteiger partial charge in [-0.25, -0.2) is 18.4 Å². The van der Waals surface area contributed by atoms with E-state index in [-0.39, 0.29) is 27.7 Å². The summed E-state index contributed by atoms with van der Waals surface area (Å²) in [5, 5.41) is 7.47. The minimum Gasteiger partial charge on any atom is -0.306 e. The van der Waals surface area contributed by atoms with Gasteiger partial charge in [-0.3, -0.25) is 4.79 Å². The van der Waals surface area contributed by atoms with Crippen molar-refractivity contribution < 1.29 is 13.2 Å². The molecule has 1 aromatic carbocycles. The fourth-order valence-corrected chi connectivity index (χ4v) is 6.05. The second-order valence-electron chi connectivity index (χ2n) is 10.4. The largest absolute Gasteiger partial charge is 0.306 e. The van der Waals surface area contributed by atoms with Crippen molar-refractivity contribution in [3.63, 3.8) is 0 Å². The van der Waals surface area contributed by atoms with Crippen molar-refractivity contribution >= 4 is 21.7 Å². The molecule has 1 aliphatic rings.